The van der Waals surface area contributed by atoms with Gasteiger partial charge in [-0.25, -0.2) is 9.19 Å². The molecule has 0 fully saturated rings. The number of rotatable bonds is 5. The Labute approximate surface area is 194 Å². The number of nitrogens with two attached hydrogens (primary N) is 1. The summed E-state index contributed by atoms with van der Waals surface area (Å²) in [7, 11) is -2.74. The van der Waals surface area contributed by atoms with Gasteiger partial charge in [-0.05, 0) is 60.2 Å². The molecule has 0 amide bonds. The number of nitrogens with one attached hydrogen (secondary N) is 1. The molecule has 1 unspecified atom stereocenters. The summed E-state index contributed by atoms with van der Waals surface area (Å²) in [5.74, 6) is 0.472. The van der Waals surface area contributed by atoms with Crippen LogP contribution in [0.1, 0.15) is 36.7 Å². The topological polar surface area (TPSA) is 105 Å². The smallest absolute Gasteiger partial charge is 0.170 e. The molecule has 168 valence electrons. The third kappa shape index (κ3) is 4.36. The van der Waals surface area contributed by atoms with Gasteiger partial charge in [-0.2, -0.15) is 4.36 Å². The molecule has 4 aromatic rings. The van der Waals surface area contributed by atoms with Crippen LogP contribution in [0.2, 0.25) is 0 Å². The standard InChI is InChI=1S/C26H27N5OS/c1-16(2)25-24(18-10-11-29-17(3)12-18)21-13-19(15-27)23(28)14-22(21)26(30-25)31-33(4,32)20-8-6-5-7-9-20/h5-16,27H,28H2,1-4H3. The second-order valence-electron chi connectivity index (χ2n) is 8.41. The first-order valence-corrected chi connectivity index (χ1v) is 12.6. The quantitative estimate of drug-likeness (QED) is 0.279. The van der Waals surface area contributed by atoms with Gasteiger partial charge in [0.1, 0.15) is 0 Å². The number of nitrogen functional groups attached to an aromatic ring is 1. The molecule has 0 bridgehead atoms. The van der Waals surface area contributed by atoms with Gasteiger partial charge in [0.15, 0.2) is 5.82 Å². The molecule has 0 aliphatic heterocycles. The molecule has 0 aliphatic rings. The van der Waals surface area contributed by atoms with Gasteiger partial charge in [0.25, 0.3) is 0 Å². The van der Waals surface area contributed by atoms with E-state index in [2.05, 4.69) is 23.2 Å². The molecule has 4 rings (SSSR count). The first-order chi connectivity index (χ1) is 15.7. The summed E-state index contributed by atoms with van der Waals surface area (Å²) in [6.07, 6.45) is 4.65. The van der Waals surface area contributed by atoms with Crippen molar-refractivity contribution >= 4 is 38.2 Å². The molecule has 2 aromatic heterocycles. The van der Waals surface area contributed by atoms with Gasteiger partial charge < -0.3 is 11.1 Å². The van der Waals surface area contributed by atoms with Crippen molar-refractivity contribution in [2.24, 2.45) is 4.36 Å². The van der Waals surface area contributed by atoms with Gasteiger partial charge in [-0.1, -0.05) is 32.0 Å². The normalized spacial score (nSPS) is 13.1. The van der Waals surface area contributed by atoms with E-state index in [4.69, 9.17) is 16.1 Å². The average molecular weight is 458 g/mol. The molecular formula is C26H27N5OS. The van der Waals surface area contributed by atoms with Crippen LogP contribution in [-0.2, 0) is 9.73 Å². The number of pyridine rings is 2. The van der Waals surface area contributed by atoms with Crippen LogP contribution < -0.4 is 5.73 Å². The van der Waals surface area contributed by atoms with Crippen molar-refractivity contribution in [1.29, 1.82) is 5.41 Å². The number of fused-ring (bicyclic) bond motifs is 1. The minimum Gasteiger partial charge on any atom is -0.398 e. The van der Waals surface area contributed by atoms with Gasteiger partial charge in [0, 0.05) is 51.5 Å². The fourth-order valence-corrected chi connectivity index (χ4v) is 5.14. The predicted molar refractivity (Wildman–Crippen MR) is 137 cm³/mol. The van der Waals surface area contributed by atoms with E-state index in [1.165, 1.54) is 6.21 Å². The monoisotopic (exact) mass is 457 g/mol. The minimum absolute atomic E-state index is 0.0810. The number of aromatic nitrogens is 2. The van der Waals surface area contributed by atoms with Crippen LogP contribution in [0.15, 0.2) is 70.1 Å². The van der Waals surface area contributed by atoms with Crippen molar-refractivity contribution in [2.45, 2.75) is 31.6 Å². The SMILES string of the molecule is Cc1cc(-c2c(C(C)C)nc(N=S(C)(=O)c3ccccc3)c3cc(N)c(C=N)cc23)ccn1. The van der Waals surface area contributed by atoms with Crippen LogP contribution >= 0.6 is 0 Å². The van der Waals surface area contributed by atoms with E-state index in [9.17, 15) is 4.21 Å². The number of benzene rings is 2. The number of hydrogen-bond acceptors (Lipinski definition) is 6. The molecule has 33 heavy (non-hydrogen) atoms. The van der Waals surface area contributed by atoms with E-state index in [0.29, 0.717) is 27.4 Å². The molecule has 0 aliphatic carbocycles. The van der Waals surface area contributed by atoms with Gasteiger partial charge in [-0.3, -0.25) is 4.98 Å². The molecule has 0 radical (unpaired) electrons. The Morgan fingerprint density at radius 1 is 1.09 bits per heavy atom. The highest BCUT2D eigenvalue weighted by molar-refractivity contribution is 7.93. The Kier molecular flexibility index (Phi) is 5.99. The van der Waals surface area contributed by atoms with E-state index in [0.717, 1.165) is 27.9 Å². The lowest BCUT2D eigenvalue weighted by molar-refractivity contribution is 0.680. The first-order valence-electron chi connectivity index (χ1n) is 10.7. The van der Waals surface area contributed by atoms with Crippen LogP contribution in [0, 0.1) is 12.3 Å². The van der Waals surface area contributed by atoms with Crippen LogP contribution in [-0.4, -0.2) is 26.6 Å². The van der Waals surface area contributed by atoms with Crippen LogP contribution in [0.25, 0.3) is 21.9 Å². The minimum atomic E-state index is -2.74. The number of anilines is 1. The molecule has 0 spiro atoms. The summed E-state index contributed by atoms with van der Waals surface area (Å²) in [5.41, 5.74) is 11.0. The van der Waals surface area contributed by atoms with Crippen LogP contribution in [0.5, 0.6) is 0 Å². The predicted octanol–water partition coefficient (Wildman–Crippen LogP) is 6.10. The summed E-state index contributed by atoms with van der Waals surface area (Å²) in [6.45, 7) is 6.10. The zero-order chi connectivity index (χ0) is 23.8. The molecule has 6 nitrogen and oxygen atoms in total. The first kappa shape index (κ1) is 22.6. The second-order valence-corrected chi connectivity index (χ2v) is 10.7. The summed E-state index contributed by atoms with van der Waals surface area (Å²) in [4.78, 5) is 9.91. The summed E-state index contributed by atoms with van der Waals surface area (Å²) in [5, 5.41) is 9.39. The lowest BCUT2D eigenvalue weighted by atomic mass is 9.91. The van der Waals surface area contributed by atoms with Gasteiger partial charge >= 0.3 is 0 Å². The molecule has 1 atom stereocenters. The second kappa shape index (κ2) is 8.75. The Bertz CT molecular complexity index is 1490. The highest BCUT2D eigenvalue weighted by Gasteiger charge is 2.20. The fourth-order valence-electron chi connectivity index (χ4n) is 3.90. The van der Waals surface area contributed by atoms with E-state index < -0.39 is 9.73 Å². The zero-order valence-corrected chi connectivity index (χ0v) is 20.0. The molecule has 0 saturated carbocycles. The summed E-state index contributed by atoms with van der Waals surface area (Å²) in [6, 6.07) is 16.9. The van der Waals surface area contributed by atoms with E-state index in [1.807, 2.05) is 55.5 Å². The Hall–Kier alpha value is -3.58. The van der Waals surface area contributed by atoms with Crippen molar-refractivity contribution in [3.8, 4) is 11.1 Å². The summed E-state index contributed by atoms with van der Waals surface area (Å²) < 4.78 is 18.3. The van der Waals surface area contributed by atoms with Crippen molar-refractivity contribution in [3.05, 3.63) is 77.7 Å². The van der Waals surface area contributed by atoms with Crippen molar-refractivity contribution in [3.63, 3.8) is 0 Å². The van der Waals surface area contributed by atoms with Crippen LogP contribution in [0.3, 0.4) is 0 Å². The van der Waals surface area contributed by atoms with E-state index in [1.54, 1.807) is 18.5 Å². The molecule has 3 N–H and O–H groups in total. The zero-order valence-electron chi connectivity index (χ0n) is 19.2. The summed E-state index contributed by atoms with van der Waals surface area (Å²) >= 11 is 0. The Morgan fingerprint density at radius 3 is 2.45 bits per heavy atom. The average Bonchev–Trinajstić information content (AvgIpc) is 2.79. The lowest BCUT2D eigenvalue weighted by Crippen LogP contribution is -2.03. The fraction of sp³-hybridized carbons (Fsp3) is 0.192. The molecule has 2 heterocycles. The number of nitrogens with zero attached hydrogens (tertiary/aromatic N) is 3. The highest BCUT2D eigenvalue weighted by atomic mass is 32.2. The maximum atomic E-state index is 13.6. The number of aryl methyl sites for hydroxylation is 1. The third-order valence-electron chi connectivity index (χ3n) is 5.54. The maximum Gasteiger partial charge on any atom is 0.170 e. The van der Waals surface area contributed by atoms with Crippen LogP contribution in [0.4, 0.5) is 11.5 Å². The van der Waals surface area contributed by atoms with Gasteiger partial charge in [-0.15, -0.1) is 0 Å². The van der Waals surface area contributed by atoms with Crippen molar-refractivity contribution in [1.82, 2.24) is 9.97 Å². The van der Waals surface area contributed by atoms with E-state index >= 15 is 0 Å². The third-order valence-corrected chi connectivity index (χ3v) is 7.21. The lowest BCUT2D eigenvalue weighted by Gasteiger charge is -2.18. The molecular weight excluding hydrogens is 430 g/mol. The molecule has 0 saturated heterocycles. The van der Waals surface area contributed by atoms with Crippen molar-refractivity contribution in [2.75, 3.05) is 12.0 Å². The number of hydrogen-bond donors (Lipinski definition) is 2. The van der Waals surface area contributed by atoms with Gasteiger partial charge in [0.05, 0.1) is 15.4 Å². The van der Waals surface area contributed by atoms with Gasteiger partial charge in [0.2, 0.25) is 0 Å². The Balaban J connectivity index is 2.15. The van der Waals surface area contributed by atoms with Crippen molar-refractivity contribution < 1.29 is 4.21 Å². The molecule has 7 heteroatoms. The molecule has 2 aromatic carbocycles. The van der Waals surface area contributed by atoms with E-state index in [-0.39, 0.29) is 5.92 Å². The Morgan fingerprint density at radius 2 is 1.82 bits per heavy atom. The largest absolute Gasteiger partial charge is 0.398 e. The highest BCUT2D eigenvalue weighted by Crippen LogP contribution is 2.41. The maximum absolute atomic E-state index is 13.6.